The SMILES string of the molecule is CC(C)[Si]1(C(C)C)C#CP(c2ccccc2)C#C[Si](C(C)C)(C(C)C)C#CP(c2ccccc2)C#C1. The highest BCUT2D eigenvalue weighted by molar-refractivity contribution is 7.76. The summed E-state index contributed by atoms with van der Waals surface area (Å²) in [5, 5.41) is 2.48. The molecule has 0 aliphatic carbocycles. The van der Waals surface area contributed by atoms with Crippen molar-refractivity contribution in [2.24, 2.45) is 0 Å². The monoisotopic (exact) mass is 540 g/mol. The van der Waals surface area contributed by atoms with E-state index in [2.05, 4.69) is 161 Å². The average Bonchev–Trinajstić information content (AvgIpc) is 2.85. The fourth-order valence-corrected chi connectivity index (χ4v) is 16.0. The Morgan fingerprint density at radius 1 is 0.444 bits per heavy atom. The summed E-state index contributed by atoms with van der Waals surface area (Å²) in [4.78, 5) is 0. The molecule has 0 N–H and O–H groups in total. The second-order valence-electron chi connectivity index (χ2n) is 10.6. The Morgan fingerprint density at radius 2 is 0.694 bits per heavy atom. The Morgan fingerprint density at radius 3 is 0.917 bits per heavy atom. The molecule has 0 saturated carbocycles. The zero-order valence-corrected chi connectivity index (χ0v) is 26.8. The fourth-order valence-electron chi connectivity index (χ4n) is 4.61. The van der Waals surface area contributed by atoms with Crippen LogP contribution in [0, 0.1) is 44.8 Å². The van der Waals surface area contributed by atoms with E-state index in [1.807, 2.05) is 0 Å². The van der Waals surface area contributed by atoms with Gasteiger partial charge in [-0.05, 0) is 32.8 Å². The van der Waals surface area contributed by atoms with Crippen LogP contribution in [0.5, 0.6) is 0 Å². The molecule has 3 rings (SSSR count). The van der Waals surface area contributed by atoms with E-state index in [0.717, 1.165) is 0 Å². The van der Waals surface area contributed by atoms with Gasteiger partial charge in [-0.25, -0.2) is 0 Å². The van der Waals surface area contributed by atoms with E-state index in [1.54, 1.807) is 0 Å². The molecule has 0 atom stereocenters. The van der Waals surface area contributed by atoms with Gasteiger partial charge in [0.2, 0.25) is 16.1 Å². The first kappa shape index (κ1) is 28.5. The minimum Gasteiger partial charge on any atom is -0.109 e. The Kier molecular flexibility index (Phi) is 9.89. The van der Waals surface area contributed by atoms with Gasteiger partial charge >= 0.3 is 0 Å². The highest BCUT2D eigenvalue weighted by atomic mass is 31.1. The molecule has 184 valence electrons. The smallest absolute Gasteiger partial charge is 0.109 e. The third-order valence-electron chi connectivity index (χ3n) is 7.17. The number of hydrogen-bond donors (Lipinski definition) is 0. The average molecular weight is 541 g/mol. The van der Waals surface area contributed by atoms with Crippen molar-refractivity contribution in [3.63, 3.8) is 0 Å². The van der Waals surface area contributed by atoms with Crippen molar-refractivity contribution in [1.29, 1.82) is 0 Å². The van der Waals surface area contributed by atoms with E-state index in [9.17, 15) is 0 Å². The van der Waals surface area contributed by atoms with Gasteiger partial charge in [0.15, 0.2) is 0 Å². The minimum absolute atomic E-state index is 0.432. The van der Waals surface area contributed by atoms with E-state index in [4.69, 9.17) is 0 Å². The van der Waals surface area contributed by atoms with Gasteiger partial charge < -0.3 is 0 Å². The van der Waals surface area contributed by atoms with Crippen LogP contribution in [0.4, 0.5) is 0 Å². The summed E-state index contributed by atoms with van der Waals surface area (Å²) in [6, 6.07) is 21.3. The van der Waals surface area contributed by atoms with Crippen molar-refractivity contribution in [2.75, 3.05) is 0 Å². The van der Waals surface area contributed by atoms with Crippen molar-refractivity contribution < 1.29 is 0 Å². The number of hydrogen-bond acceptors (Lipinski definition) is 0. The zero-order valence-electron chi connectivity index (χ0n) is 23.0. The quantitative estimate of drug-likeness (QED) is 0.197. The van der Waals surface area contributed by atoms with Gasteiger partial charge in [-0.3, -0.25) is 0 Å². The van der Waals surface area contributed by atoms with Crippen LogP contribution in [-0.2, 0) is 0 Å². The van der Waals surface area contributed by atoms with Crippen LogP contribution in [0.25, 0.3) is 0 Å². The lowest BCUT2D eigenvalue weighted by Crippen LogP contribution is -2.39. The van der Waals surface area contributed by atoms with E-state index < -0.39 is 32.0 Å². The summed E-state index contributed by atoms with van der Waals surface area (Å²) in [6.07, 6.45) is 0. The normalized spacial score (nSPS) is 20.0. The second kappa shape index (κ2) is 12.5. The van der Waals surface area contributed by atoms with Gasteiger partial charge in [0.05, 0.1) is 15.8 Å². The molecule has 0 saturated heterocycles. The molecule has 0 amide bonds. The largest absolute Gasteiger partial charge is 0.222 e. The maximum atomic E-state index is 3.88. The molecule has 0 spiro atoms. The van der Waals surface area contributed by atoms with E-state index >= 15 is 0 Å². The predicted octanol–water partition coefficient (Wildman–Crippen LogP) is 8.15. The fraction of sp³-hybridized carbons (Fsp3) is 0.375. The van der Waals surface area contributed by atoms with Crippen LogP contribution in [0.2, 0.25) is 22.2 Å². The molecular formula is C32H38P2Si2. The number of benzene rings is 2. The number of rotatable bonds is 6. The topological polar surface area (TPSA) is 0 Å². The molecule has 1 heterocycles. The molecule has 36 heavy (non-hydrogen) atoms. The van der Waals surface area contributed by atoms with Crippen LogP contribution in [0.1, 0.15) is 55.4 Å². The van der Waals surface area contributed by atoms with E-state index in [1.165, 1.54) is 10.6 Å². The third-order valence-corrected chi connectivity index (χ3v) is 20.4. The first-order chi connectivity index (χ1) is 17.1. The first-order valence-electron chi connectivity index (χ1n) is 12.9. The molecule has 1 aliphatic heterocycles. The van der Waals surface area contributed by atoms with Crippen molar-refractivity contribution in [1.82, 2.24) is 0 Å². The molecule has 0 unspecified atom stereocenters. The summed E-state index contributed by atoms with van der Waals surface area (Å²) in [7, 11) is -6.34. The molecule has 4 heteroatoms. The van der Waals surface area contributed by atoms with Gasteiger partial charge in [-0.15, -0.1) is 22.2 Å². The van der Waals surface area contributed by atoms with Gasteiger partial charge in [-0.1, -0.05) is 139 Å². The van der Waals surface area contributed by atoms with Gasteiger partial charge in [-0.2, -0.15) is 0 Å². The summed E-state index contributed by atoms with van der Waals surface area (Å²) >= 11 is 0. The Labute approximate surface area is 225 Å². The second-order valence-corrected chi connectivity index (χ2v) is 23.0. The van der Waals surface area contributed by atoms with Gasteiger partial charge in [0, 0.05) is 0 Å². The Hall–Kier alpha value is -2.03. The maximum absolute atomic E-state index is 3.88. The molecular weight excluding hydrogens is 502 g/mol. The lowest BCUT2D eigenvalue weighted by atomic mass is 10.4. The molecule has 0 radical (unpaired) electrons. The standard InChI is InChI=1S/C32H38P2Si2/c1-27(2)35(28(3)4)23-19-33(31-15-11-9-12-16-31)21-25-36(29(5)6,30(7)8)26-22-34(20-24-35)32-17-13-10-14-18-32/h9-18,27-30H,1-8H3. The highest BCUT2D eigenvalue weighted by Gasteiger charge is 2.40. The van der Waals surface area contributed by atoms with Gasteiger partial charge in [0.25, 0.3) is 0 Å². The lowest BCUT2D eigenvalue weighted by Gasteiger charge is -2.30. The van der Waals surface area contributed by atoms with Crippen molar-refractivity contribution in [3.8, 4) is 44.8 Å². The van der Waals surface area contributed by atoms with Crippen LogP contribution >= 0.6 is 15.8 Å². The van der Waals surface area contributed by atoms with Crippen LogP contribution < -0.4 is 10.6 Å². The maximum Gasteiger partial charge on any atom is 0.222 e. The molecule has 0 aromatic heterocycles. The van der Waals surface area contributed by atoms with E-state index in [-0.39, 0.29) is 0 Å². The molecule has 2 aromatic rings. The molecule has 0 fully saturated rings. The van der Waals surface area contributed by atoms with Crippen molar-refractivity contribution >= 4 is 42.6 Å². The molecule has 1 aliphatic rings. The Bertz CT molecular complexity index is 1110. The summed E-state index contributed by atoms with van der Waals surface area (Å²) in [6.45, 7) is 18.5. The van der Waals surface area contributed by atoms with Crippen LogP contribution in [-0.4, -0.2) is 16.1 Å². The minimum atomic E-state index is -2.26. The predicted molar refractivity (Wildman–Crippen MR) is 169 cm³/mol. The molecule has 0 nitrogen and oxygen atoms in total. The van der Waals surface area contributed by atoms with E-state index in [0.29, 0.717) is 22.2 Å². The van der Waals surface area contributed by atoms with Crippen LogP contribution in [0.3, 0.4) is 0 Å². The Balaban J connectivity index is 2.36. The highest BCUT2D eigenvalue weighted by Crippen LogP contribution is 2.40. The van der Waals surface area contributed by atoms with Crippen molar-refractivity contribution in [2.45, 2.75) is 77.6 Å². The first-order valence-corrected chi connectivity index (χ1v) is 19.9. The zero-order chi connectivity index (χ0) is 26.3. The van der Waals surface area contributed by atoms with Crippen molar-refractivity contribution in [3.05, 3.63) is 60.7 Å². The lowest BCUT2D eigenvalue weighted by molar-refractivity contribution is 0.934. The summed E-state index contributed by atoms with van der Waals surface area (Å²) < 4.78 is 0. The van der Waals surface area contributed by atoms with Gasteiger partial charge in [0.1, 0.15) is 0 Å². The summed E-state index contributed by atoms with van der Waals surface area (Å²) in [5.74, 6) is 0. The molecule has 2 aromatic carbocycles. The van der Waals surface area contributed by atoms with Crippen LogP contribution in [0.15, 0.2) is 60.7 Å². The molecule has 0 bridgehead atoms. The summed E-state index contributed by atoms with van der Waals surface area (Å²) in [5.41, 5.74) is 32.3. The third kappa shape index (κ3) is 6.26.